The molecule has 1 aliphatic heterocycles. The predicted molar refractivity (Wildman–Crippen MR) is 129 cm³/mol. The maximum atomic E-state index is 13.1. The second-order valence-corrected chi connectivity index (χ2v) is 9.11. The van der Waals surface area contributed by atoms with E-state index >= 15 is 0 Å². The van der Waals surface area contributed by atoms with Crippen LogP contribution >= 0.6 is 23.4 Å². The molecule has 1 aliphatic rings. The van der Waals surface area contributed by atoms with E-state index in [9.17, 15) is 22.8 Å². The van der Waals surface area contributed by atoms with Crippen molar-refractivity contribution in [3.05, 3.63) is 59.1 Å². The summed E-state index contributed by atoms with van der Waals surface area (Å²) in [6.45, 7) is -0.0624. The summed E-state index contributed by atoms with van der Waals surface area (Å²) in [6, 6.07) is 10.8. The summed E-state index contributed by atoms with van der Waals surface area (Å²) in [4.78, 5) is 26.1. The molecule has 0 aliphatic carbocycles. The lowest BCUT2D eigenvalue weighted by atomic mass is 9.76. The van der Waals surface area contributed by atoms with Crippen LogP contribution in [-0.2, 0) is 9.53 Å². The second-order valence-electron chi connectivity index (χ2n) is 7.69. The maximum Gasteiger partial charge on any atom is 0.573 e. The summed E-state index contributed by atoms with van der Waals surface area (Å²) >= 11 is 7.65. The third-order valence-corrected chi connectivity index (χ3v) is 6.26. The van der Waals surface area contributed by atoms with E-state index in [-0.39, 0.29) is 12.2 Å². The molecule has 2 aromatic rings. The second kappa shape index (κ2) is 11.2. The minimum atomic E-state index is -4.82. The van der Waals surface area contributed by atoms with Crippen molar-refractivity contribution in [1.82, 2.24) is 5.01 Å². The van der Waals surface area contributed by atoms with Gasteiger partial charge in [0.2, 0.25) is 0 Å². The first-order valence-electron chi connectivity index (χ1n) is 10.4. The van der Waals surface area contributed by atoms with Gasteiger partial charge in [0.15, 0.2) is 0 Å². The van der Waals surface area contributed by atoms with Gasteiger partial charge in [-0.2, -0.15) is 16.9 Å². The Bertz CT molecular complexity index is 1080. The lowest BCUT2D eigenvalue weighted by Gasteiger charge is -2.28. The van der Waals surface area contributed by atoms with Gasteiger partial charge in [0.25, 0.3) is 0 Å². The molecule has 1 unspecified atom stereocenters. The number of halogens is 4. The molecule has 2 amide bonds. The highest BCUT2D eigenvalue weighted by Crippen LogP contribution is 2.38. The Kier molecular flexibility index (Phi) is 8.55. The van der Waals surface area contributed by atoms with Crippen molar-refractivity contribution in [2.75, 3.05) is 31.0 Å². The van der Waals surface area contributed by atoms with Crippen molar-refractivity contribution in [3.63, 3.8) is 0 Å². The monoisotopic (exact) mass is 529 g/mol. The van der Waals surface area contributed by atoms with Crippen LogP contribution in [0.4, 0.5) is 23.7 Å². The minimum Gasteiger partial charge on any atom is -0.468 e. The number of nitrogens with one attached hydrogen (secondary N) is 1. The first-order valence-corrected chi connectivity index (χ1v) is 12.2. The molecular formula is C23H23ClF3N3O4S. The van der Waals surface area contributed by atoms with Gasteiger partial charge >= 0.3 is 18.4 Å². The number of ether oxygens (including phenoxy) is 2. The number of esters is 1. The summed E-state index contributed by atoms with van der Waals surface area (Å²) in [6.07, 6.45) is -1.78. The minimum absolute atomic E-state index is 0.0624. The molecule has 188 valence electrons. The molecule has 1 heterocycles. The molecule has 0 radical (unpaired) electrons. The number of anilines is 1. The number of hydrazone groups is 1. The van der Waals surface area contributed by atoms with Crippen LogP contribution < -0.4 is 10.1 Å². The van der Waals surface area contributed by atoms with E-state index in [1.165, 1.54) is 19.2 Å². The number of alkyl halides is 3. The average molecular weight is 530 g/mol. The highest BCUT2D eigenvalue weighted by Gasteiger charge is 2.51. The van der Waals surface area contributed by atoms with Gasteiger partial charge in [0.1, 0.15) is 11.2 Å². The third-order valence-electron chi connectivity index (χ3n) is 5.31. The Morgan fingerprint density at radius 2 is 1.83 bits per heavy atom. The van der Waals surface area contributed by atoms with Gasteiger partial charge in [-0.1, -0.05) is 23.7 Å². The lowest BCUT2D eigenvalue weighted by Crippen LogP contribution is -2.44. The van der Waals surface area contributed by atoms with E-state index < -0.39 is 29.5 Å². The van der Waals surface area contributed by atoms with Crippen LogP contribution in [0.2, 0.25) is 5.02 Å². The molecule has 0 bridgehead atoms. The number of nitrogens with zero attached hydrogens (tertiary/aromatic N) is 2. The number of urea groups is 1. The summed E-state index contributed by atoms with van der Waals surface area (Å²) < 4.78 is 46.1. The first-order chi connectivity index (χ1) is 16.6. The third kappa shape index (κ3) is 6.61. The summed E-state index contributed by atoms with van der Waals surface area (Å²) in [5.41, 5.74) is 0.0323. The number of thioether (sulfide) groups is 1. The zero-order valence-electron chi connectivity index (χ0n) is 18.9. The quantitative estimate of drug-likeness (QED) is 0.346. The van der Waals surface area contributed by atoms with Gasteiger partial charge in [-0.25, -0.2) is 9.80 Å². The molecule has 1 atom stereocenters. The molecule has 3 rings (SSSR count). The van der Waals surface area contributed by atoms with Crippen LogP contribution in [-0.4, -0.2) is 54.7 Å². The zero-order valence-corrected chi connectivity index (χ0v) is 20.5. The largest absolute Gasteiger partial charge is 0.573 e. The molecule has 0 spiro atoms. The average Bonchev–Trinajstić information content (AvgIpc) is 3.20. The molecule has 35 heavy (non-hydrogen) atoms. The van der Waals surface area contributed by atoms with Crippen LogP contribution in [0.25, 0.3) is 0 Å². The molecule has 1 N–H and O–H groups in total. The number of carbonyl (C=O) groups is 2. The highest BCUT2D eigenvalue weighted by atomic mass is 35.5. The molecule has 7 nitrogen and oxygen atoms in total. The van der Waals surface area contributed by atoms with Crippen molar-refractivity contribution in [1.29, 1.82) is 0 Å². The Morgan fingerprint density at radius 1 is 1.17 bits per heavy atom. The van der Waals surface area contributed by atoms with Crippen LogP contribution in [0.5, 0.6) is 5.75 Å². The lowest BCUT2D eigenvalue weighted by molar-refractivity contribution is -0.274. The van der Waals surface area contributed by atoms with Crippen molar-refractivity contribution in [2.24, 2.45) is 10.5 Å². The highest BCUT2D eigenvalue weighted by molar-refractivity contribution is 7.98. The molecule has 0 fully saturated rings. The molecule has 2 aromatic carbocycles. The summed E-state index contributed by atoms with van der Waals surface area (Å²) in [5, 5.41) is 8.68. The fraction of sp³-hybridized carbons (Fsp3) is 0.348. The Hall–Kier alpha value is -2.92. The van der Waals surface area contributed by atoms with Gasteiger partial charge < -0.3 is 14.8 Å². The number of amides is 2. The summed E-state index contributed by atoms with van der Waals surface area (Å²) in [5.74, 6) is -0.139. The molecule has 0 saturated carbocycles. The van der Waals surface area contributed by atoms with Crippen LogP contribution in [0.15, 0.2) is 53.6 Å². The molecule has 0 aromatic heterocycles. The first kappa shape index (κ1) is 26.7. The van der Waals surface area contributed by atoms with Gasteiger partial charge in [-0.3, -0.25) is 4.79 Å². The normalized spacial score (nSPS) is 17.7. The van der Waals surface area contributed by atoms with Gasteiger partial charge in [-0.05, 0) is 66.8 Å². The molecular weight excluding hydrogens is 507 g/mol. The van der Waals surface area contributed by atoms with Gasteiger partial charge in [0, 0.05) is 10.7 Å². The topological polar surface area (TPSA) is 80.2 Å². The van der Waals surface area contributed by atoms with Crippen molar-refractivity contribution in [3.8, 4) is 5.75 Å². The fourth-order valence-corrected chi connectivity index (χ4v) is 4.30. The number of methoxy groups -OCH3 is 1. The van der Waals surface area contributed by atoms with Crippen LogP contribution in [0.1, 0.15) is 18.4 Å². The van der Waals surface area contributed by atoms with Crippen LogP contribution in [0, 0.1) is 5.41 Å². The van der Waals surface area contributed by atoms with E-state index in [4.69, 9.17) is 16.3 Å². The number of benzene rings is 2. The Morgan fingerprint density at radius 3 is 2.40 bits per heavy atom. The number of hydrogen-bond acceptors (Lipinski definition) is 6. The number of hydrogen-bond donors (Lipinski definition) is 1. The fourth-order valence-electron chi connectivity index (χ4n) is 3.74. The van der Waals surface area contributed by atoms with E-state index in [0.717, 1.165) is 22.9 Å². The number of carbonyl (C=O) groups excluding carboxylic acids is 2. The smallest absolute Gasteiger partial charge is 0.468 e. The standard InChI is InChI=1S/C23H23ClF3N3O4S/c1-33-20(31)22(12-3-13-35-2)14-30(29-19(22)15-4-6-16(24)7-5-15)21(32)28-17-8-10-18(11-9-17)34-23(25,26)27/h4-11H,3,12-14H2,1-2H3,(H,28,32). The van der Waals surface area contributed by atoms with Gasteiger partial charge in [-0.15, -0.1) is 13.2 Å². The zero-order chi connectivity index (χ0) is 25.6. The Balaban J connectivity index is 1.88. The molecule has 12 heteroatoms. The number of rotatable bonds is 8. The van der Waals surface area contributed by atoms with Crippen molar-refractivity contribution in [2.45, 2.75) is 19.2 Å². The predicted octanol–water partition coefficient (Wildman–Crippen LogP) is 5.79. The van der Waals surface area contributed by atoms with E-state index in [1.54, 1.807) is 36.0 Å². The van der Waals surface area contributed by atoms with Crippen molar-refractivity contribution >= 4 is 46.8 Å². The maximum absolute atomic E-state index is 13.1. The van der Waals surface area contributed by atoms with Crippen LogP contribution in [0.3, 0.4) is 0 Å². The van der Waals surface area contributed by atoms with E-state index in [1.807, 2.05) is 6.26 Å². The SMILES string of the molecule is COC(=O)C1(CCCSC)CN(C(=O)Nc2ccc(OC(F)(F)F)cc2)N=C1c1ccc(Cl)cc1. The molecule has 0 saturated heterocycles. The van der Waals surface area contributed by atoms with Crippen molar-refractivity contribution < 1.29 is 32.2 Å². The summed E-state index contributed by atoms with van der Waals surface area (Å²) in [7, 11) is 1.28. The van der Waals surface area contributed by atoms with Gasteiger partial charge in [0.05, 0.1) is 19.4 Å². The Labute approximate surface area is 209 Å². The van der Waals surface area contributed by atoms with E-state index in [0.29, 0.717) is 29.1 Å². The van der Waals surface area contributed by atoms with E-state index in [2.05, 4.69) is 15.2 Å².